The molecular formula is C14H21P. The minimum atomic E-state index is 0.128. The maximum absolute atomic E-state index is 2.37. The van der Waals surface area contributed by atoms with Gasteiger partial charge in [-0.1, -0.05) is 64.4 Å². The molecule has 2 rings (SSSR count). The molecule has 0 saturated heterocycles. The molecule has 0 heterocycles. The Balaban J connectivity index is 2.09. The second-order valence-corrected chi connectivity index (χ2v) is 7.23. The monoisotopic (exact) mass is 220 g/mol. The third kappa shape index (κ3) is 2.82. The molecule has 0 spiro atoms. The van der Waals surface area contributed by atoms with Crippen LogP contribution in [0.4, 0.5) is 0 Å². The van der Waals surface area contributed by atoms with Crippen LogP contribution in [-0.4, -0.2) is 11.8 Å². The Hall–Kier alpha value is -0.350. The van der Waals surface area contributed by atoms with Crippen molar-refractivity contribution in [2.75, 3.05) is 6.16 Å². The van der Waals surface area contributed by atoms with Gasteiger partial charge in [0.1, 0.15) is 0 Å². The molecule has 1 atom stereocenters. The number of rotatable bonds is 3. The van der Waals surface area contributed by atoms with Crippen molar-refractivity contribution in [3.63, 3.8) is 0 Å². The molecule has 0 amide bonds. The molecule has 82 valence electrons. The second-order valence-electron chi connectivity index (χ2n) is 4.41. The van der Waals surface area contributed by atoms with Gasteiger partial charge in [-0.3, -0.25) is 0 Å². The third-order valence-electron chi connectivity index (χ3n) is 3.44. The fraction of sp³-hybridized carbons (Fsp3) is 0.571. The van der Waals surface area contributed by atoms with Crippen molar-refractivity contribution >= 4 is 13.2 Å². The number of hydrogen-bond donors (Lipinski definition) is 0. The summed E-state index contributed by atoms with van der Waals surface area (Å²) in [5, 5.41) is 1.63. The Bertz CT molecular complexity index is 275. The second kappa shape index (κ2) is 5.66. The predicted octanol–water partition coefficient (Wildman–Crippen LogP) is 4.15. The summed E-state index contributed by atoms with van der Waals surface area (Å²) in [4.78, 5) is 0. The van der Waals surface area contributed by atoms with E-state index >= 15 is 0 Å². The van der Waals surface area contributed by atoms with Crippen LogP contribution in [0.15, 0.2) is 30.3 Å². The van der Waals surface area contributed by atoms with E-state index in [1.807, 2.05) is 0 Å². The van der Waals surface area contributed by atoms with E-state index in [9.17, 15) is 0 Å². The van der Waals surface area contributed by atoms with Crippen molar-refractivity contribution in [1.82, 2.24) is 0 Å². The summed E-state index contributed by atoms with van der Waals surface area (Å²) in [5.74, 6) is 0. The fourth-order valence-corrected chi connectivity index (χ4v) is 5.51. The van der Waals surface area contributed by atoms with Gasteiger partial charge in [0, 0.05) is 0 Å². The summed E-state index contributed by atoms with van der Waals surface area (Å²) < 4.78 is 0. The van der Waals surface area contributed by atoms with Gasteiger partial charge in [0.25, 0.3) is 0 Å². The highest BCUT2D eigenvalue weighted by Gasteiger charge is 2.22. The standard InChI is InChI=1S/C14H21P/c1-2-15(13-9-5-3-6-10-13)14-11-7-4-8-12-14/h3,5-6,9-10,14H,2,4,7-8,11-12H2,1H3. The Morgan fingerprint density at radius 3 is 2.33 bits per heavy atom. The predicted molar refractivity (Wildman–Crippen MR) is 70.4 cm³/mol. The van der Waals surface area contributed by atoms with Crippen LogP contribution in [0.5, 0.6) is 0 Å². The van der Waals surface area contributed by atoms with Crippen LogP contribution in [-0.2, 0) is 0 Å². The first-order valence-electron chi connectivity index (χ1n) is 6.23. The molecular weight excluding hydrogens is 199 g/mol. The van der Waals surface area contributed by atoms with E-state index in [1.54, 1.807) is 5.30 Å². The Kier molecular flexibility index (Phi) is 4.20. The topological polar surface area (TPSA) is 0 Å². The highest BCUT2D eigenvalue weighted by Crippen LogP contribution is 2.46. The summed E-state index contributed by atoms with van der Waals surface area (Å²) in [6.45, 7) is 2.37. The van der Waals surface area contributed by atoms with Gasteiger partial charge in [-0.25, -0.2) is 0 Å². The largest absolute Gasteiger partial charge is 0.0724 e. The summed E-state index contributed by atoms with van der Waals surface area (Å²) in [7, 11) is 0.128. The van der Waals surface area contributed by atoms with Gasteiger partial charge in [0.2, 0.25) is 0 Å². The van der Waals surface area contributed by atoms with Gasteiger partial charge in [-0.15, -0.1) is 0 Å². The van der Waals surface area contributed by atoms with Gasteiger partial charge in [0.05, 0.1) is 0 Å². The van der Waals surface area contributed by atoms with E-state index in [1.165, 1.54) is 38.3 Å². The van der Waals surface area contributed by atoms with Gasteiger partial charge in [-0.05, 0) is 30.0 Å². The van der Waals surface area contributed by atoms with Crippen molar-refractivity contribution in [3.8, 4) is 0 Å². The highest BCUT2D eigenvalue weighted by atomic mass is 31.1. The molecule has 1 unspecified atom stereocenters. The Morgan fingerprint density at radius 1 is 1.07 bits per heavy atom. The van der Waals surface area contributed by atoms with E-state index in [0.29, 0.717) is 0 Å². The lowest BCUT2D eigenvalue weighted by Gasteiger charge is -2.30. The molecule has 0 nitrogen and oxygen atoms in total. The molecule has 1 saturated carbocycles. The summed E-state index contributed by atoms with van der Waals surface area (Å²) in [6.07, 6.45) is 8.73. The molecule has 0 bridgehead atoms. The van der Waals surface area contributed by atoms with E-state index in [-0.39, 0.29) is 7.92 Å². The minimum Gasteiger partial charge on any atom is -0.0724 e. The van der Waals surface area contributed by atoms with Gasteiger partial charge >= 0.3 is 0 Å². The average Bonchev–Trinajstić information content (AvgIpc) is 2.33. The first-order chi connectivity index (χ1) is 7.42. The smallest absolute Gasteiger partial charge is 0.0169 e. The van der Waals surface area contributed by atoms with Crippen LogP contribution >= 0.6 is 7.92 Å². The SMILES string of the molecule is CCP(c1ccccc1)C1CCCCC1. The van der Waals surface area contributed by atoms with Crippen LogP contribution in [0.3, 0.4) is 0 Å². The molecule has 0 radical (unpaired) electrons. The van der Waals surface area contributed by atoms with Crippen LogP contribution in [0.25, 0.3) is 0 Å². The fourth-order valence-electron chi connectivity index (χ4n) is 2.66. The first kappa shape index (κ1) is 11.1. The molecule has 1 aromatic rings. The molecule has 1 heteroatoms. The van der Waals surface area contributed by atoms with Crippen molar-refractivity contribution in [1.29, 1.82) is 0 Å². The van der Waals surface area contributed by atoms with E-state index in [0.717, 1.165) is 5.66 Å². The molecule has 15 heavy (non-hydrogen) atoms. The lowest BCUT2D eigenvalue weighted by Crippen LogP contribution is -2.18. The minimum absolute atomic E-state index is 0.128. The number of hydrogen-bond acceptors (Lipinski definition) is 0. The third-order valence-corrected chi connectivity index (χ3v) is 6.48. The molecule has 1 fully saturated rings. The van der Waals surface area contributed by atoms with Crippen LogP contribution in [0.1, 0.15) is 39.0 Å². The maximum atomic E-state index is 2.37. The lowest BCUT2D eigenvalue weighted by molar-refractivity contribution is 0.512. The molecule has 1 aromatic carbocycles. The van der Waals surface area contributed by atoms with Gasteiger partial charge < -0.3 is 0 Å². The lowest BCUT2D eigenvalue weighted by atomic mass is 10.0. The van der Waals surface area contributed by atoms with Crippen LogP contribution < -0.4 is 5.30 Å². The summed E-state index contributed by atoms with van der Waals surface area (Å²) >= 11 is 0. The highest BCUT2D eigenvalue weighted by molar-refractivity contribution is 7.66. The Labute approximate surface area is 94.8 Å². The summed E-state index contributed by atoms with van der Waals surface area (Å²) in [5.41, 5.74) is 1.01. The first-order valence-corrected chi connectivity index (χ1v) is 7.83. The molecule has 1 aliphatic carbocycles. The van der Waals surface area contributed by atoms with Crippen molar-refractivity contribution in [2.24, 2.45) is 0 Å². The van der Waals surface area contributed by atoms with E-state index < -0.39 is 0 Å². The molecule has 0 N–H and O–H groups in total. The van der Waals surface area contributed by atoms with Crippen LogP contribution in [0, 0.1) is 0 Å². The van der Waals surface area contributed by atoms with Crippen molar-refractivity contribution < 1.29 is 0 Å². The van der Waals surface area contributed by atoms with Crippen molar-refractivity contribution in [3.05, 3.63) is 30.3 Å². The average molecular weight is 220 g/mol. The normalized spacial score (nSPS) is 20.1. The van der Waals surface area contributed by atoms with E-state index in [4.69, 9.17) is 0 Å². The zero-order valence-electron chi connectivity index (χ0n) is 9.65. The zero-order chi connectivity index (χ0) is 10.5. The quantitative estimate of drug-likeness (QED) is 0.671. The summed E-state index contributed by atoms with van der Waals surface area (Å²) in [6, 6.07) is 11.2. The zero-order valence-corrected chi connectivity index (χ0v) is 10.5. The van der Waals surface area contributed by atoms with Gasteiger partial charge in [0.15, 0.2) is 0 Å². The van der Waals surface area contributed by atoms with Gasteiger partial charge in [-0.2, -0.15) is 0 Å². The van der Waals surface area contributed by atoms with Crippen molar-refractivity contribution in [2.45, 2.75) is 44.7 Å². The molecule has 0 aromatic heterocycles. The maximum Gasteiger partial charge on any atom is -0.0169 e. The number of benzene rings is 1. The van der Waals surface area contributed by atoms with E-state index in [2.05, 4.69) is 37.3 Å². The molecule has 1 aliphatic rings. The Morgan fingerprint density at radius 2 is 1.73 bits per heavy atom. The van der Waals surface area contributed by atoms with Crippen LogP contribution in [0.2, 0.25) is 0 Å². The molecule has 0 aliphatic heterocycles.